The van der Waals surface area contributed by atoms with Crippen molar-refractivity contribution in [1.82, 2.24) is 0 Å². The van der Waals surface area contributed by atoms with E-state index in [1.807, 2.05) is 24.3 Å². The van der Waals surface area contributed by atoms with Crippen LogP contribution >= 0.6 is 0 Å². The van der Waals surface area contributed by atoms with Gasteiger partial charge in [0.15, 0.2) is 0 Å². The molecule has 268 valence electrons. The molecular weight excluding hydrogens is 695 g/mol. The maximum absolute atomic E-state index is 6.54. The molecule has 57 heavy (non-hydrogen) atoms. The fourth-order valence-electron chi connectivity index (χ4n) is 9.72. The molecule has 3 nitrogen and oxygen atoms in total. The number of para-hydroxylation sites is 4. The standard InChI is InChI=1S/C54H35NO2/c1-4-35-44-29-32(36-16-11-18-42-40-14-6-9-21-50(40)56-52(36)42)23-27-48(44)55(34-25-26-39-38-13-5-8-20-46(38)54(2,3)47(39)31-34)49-28-24-33(30-45(35)49)37-17-12-19-43-41-15-7-10-22-51(41)57-53(37)43/h5-31H,1H2,2-3H3. The number of hydrogen-bond donors (Lipinski definition) is 0. The number of benzene rings is 8. The highest BCUT2D eigenvalue weighted by molar-refractivity contribution is 6.12. The third-order valence-electron chi connectivity index (χ3n) is 12.4. The van der Waals surface area contributed by atoms with E-state index in [0.29, 0.717) is 0 Å². The SMILES string of the molecule is C=C=C1c2cc(-c3cccc4c3oc3ccccc34)ccc2N(c2ccc3c(c2)C(C)(C)c2ccccc2-3)c2ccc(-c3cccc4c3oc3ccccc34)cc21. The van der Waals surface area contributed by atoms with Crippen molar-refractivity contribution in [1.29, 1.82) is 0 Å². The molecule has 8 aromatic carbocycles. The Kier molecular flexibility index (Phi) is 6.51. The van der Waals surface area contributed by atoms with E-state index in [9.17, 15) is 0 Å². The molecule has 0 amide bonds. The van der Waals surface area contributed by atoms with Crippen LogP contribution in [0.5, 0.6) is 0 Å². The Balaban J connectivity index is 1.09. The van der Waals surface area contributed by atoms with Crippen molar-refractivity contribution < 1.29 is 8.83 Å². The number of hydrogen-bond acceptors (Lipinski definition) is 3. The zero-order valence-electron chi connectivity index (χ0n) is 31.6. The van der Waals surface area contributed by atoms with E-state index in [2.05, 4.69) is 171 Å². The molecule has 0 atom stereocenters. The molecule has 0 saturated carbocycles. The summed E-state index contributed by atoms with van der Waals surface area (Å²) in [6.45, 7) is 9.00. The van der Waals surface area contributed by atoms with Crippen LogP contribution in [-0.2, 0) is 5.41 Å². The maximum Gasteiger partial charge on any atom is 0.143 e. The minimum atomic E-state index is -0.139. The third kappa shape index (κ3) is 4.43. The summed E-state index contributed by atoms with van der Waals surface area (Å²) >= 11 is 0. The predicted molar refractivity (Wildman–Crippen MR) is 236 cm³/mol. The lowest BCUT2D eigenvalue weighted by Gasteiger charge is -2.35. The maximum atomic E-state index is 6.54. The first kappa shape index (κ1) is 32.0. The Labute approximate surface area is 330 Å². The van der Waals surface area contributed by atoms with E-state index < -0.39 is 0 Å². The second-order valence-corrected chi connectivity index (χ2v) is 15.8. The summed E-state index contributed by atoms with van der Waals surface area (Å²) in [6.07, 6.45) is 0. The zero-order chi connectivity index (χ0) is 38.0. The summed E-state index contributed by atoms with van der Waals surface area (Å²) < 4.78 is 13.1. The molecule has 0 saturated heterocycles. The van der Waals surface area contributed by atoms with Crippen LogP contribution in [0, 0.1) is 0 Å². The Morgan fingerprint density at radius 3 is 1.56 bits per heavy atom. The van der Waals surface area contributed by atoms with Crippen LogP contribution in [0.3, 0.4) is 0 Å². The number of nitrogens with zero attached hydrogens (tertiary/aromatic N) is 1. The van der Waals surface area contributed by atoms with E-state index in [1.165, 1.54) is 22.3 Å². The quantitative estimate of drug-likeness (QED) is 0.170. The average molecular weight is 730 g/mol. The second kappa shape index (κ2) is 11.6. The van der Waals surface area contributed by atoms with Crippen LogP contribution in [0.2, 0.25) is 0 Å². The average Bonchev–Trinajstić information content (AvgIpc) is 3.90. The lowest BCUT2D eigenvalue weighted by Crippen LogP contribution is -2.20. The second-order valence-electron chi connectivity index (χ2n) is 15.8. The van der Waals surface area contributed by atoms with E-state index in [1.54, 1.807) is 0 Å². The van der Waals surface area contributed by atoms with Crippen LogP contribution in [-0.4, -0.2) is 0 Å². The van der Waals surface area contributed by atoms with Crippen LogP contribution in [0.25, 0.3) is 82.8 Å². The van der Waals surface area contributed by atoms with Gasteiger partial charge in [0.25, 0.3) is 0 Å². The Hall–Kier alpha value is -7.32. The van der Waals surface area contributed by atoms with Gasteiger partial charge in [0, 0.05) is 60.5 Å². The fourth-order valence-corrected chi connectivity index (χ4v) is 9.72. The van der Waals surface area contributed by atoms with Gasteiger partial charge >= 0.3 is 0 Å². The van der Waals surface area contributed by atoms with Gasteiger partial charge in [-0.1, -0.05) is 136 Å². The number of fused-ring (bicyclic) bond motifs is 11. The smallest absolute Gasteiger partial charge is 0.143 e. The molecule has 12 rings (SSSR count). The van der Waals surface area contributed by atoms with Crippen molar-refractivity contribution in [2.75, 3.05) is 4.90 Å². The molecule has 0 fully saturated rings. The van der Waals surface area contributed by atoms with Gasteiger partial charge in [0.1, 0.15) is 22.3 Å². The first-order chi connectivity index (χ1) is 28.0. The number of furan rings is 2. The zero-order valence-corrected chi connectivity index (χ0v) is 31.6. The van der Waals surface area contributed by atoms with E-state index in [0.717, 1.165) is 99.9 Å². The highest BCUT2D eigenvalue weighted by Gasteiger charge is 2.37. The lowest BCUT2D eigenvalue weighted by molar-refractivity contribution is 0.660. The van der Waals surface area contributed by atoms with Gasteiger partial charge in [-0.25, -0.2) is 0 Å². The lowest BCUT2D eigenvalue weighted by atomic mass is 9.82. The van der Waals surface area contributed by atoms with Gasteiger partial charge < -0.3 is 13.7 Å². The Morgan fingerprint density at radius 1 is 0.456 bits per heavy atom. The van der Waals surface area contributed by atoms with Gasteiger partial charge in [-0.15, -0.1) is 5.73 Å². The molecule has 0 unspecified atom stereocenters. The summed E-state index contributed by atoms with van der Waals surface area (Å²) in [5.41, 5.74) is 22.7. The van der Waals surface area contributed by atoms with Crippen molar-refractivity contribution in [3.63, 3.8) is 0 Å². The highest BCUT2D eigenvalue weighted by Crippen LogP contribution is 2.54. The molecule has 0 radical (unpaired) electrons. The fraction of sp³-hybridized carbons (Fsp3) is 0.0556. The van der Waals surface area contributed by atoms with E-state index in [4.69, 9.17) is 8.83 Å². The number of anilines is 3. The van der Waals surface area contributed by atoms with Gasteiger partial charge in [-0.05, 0) is 81.9 Å². The van der Waals surface area contributed by atoms with E-state index >= 15 is 0 Å². The molecule has 0 spiro atoms. The molecule has 0 bridgehead atoms. The minimum Gasteiger partial charge on any atom is -0.455 e. The van der Waals surface area contributed by atoms with Crippen molar-refractivity contribution >= 4 is 66.5 Å². The molecule has 1 aliphatic heterocycles. The van der Waals surface area contributed by atoms with Crippen molar-refractivity contribution in [3.05, 3.63) is 198 Å². The van der Waals surface area contributed by atoms with Gasteiger partial charge in [-0.3, -0.25) is 0 Å². The van der Waals surface area contributed by atoms with Crippen LogP contribution in [0.1, 0.15) is 36.1 Å². The Bertz CT molecular complexity index is 3240. The summed E-state index contributed by atoms with van der Waals surface area (Å²) in [5.74, 6) is 0. The van der Waals surface area contributed by atoms with Crippen LogP contribution in [0.15, 0.2) is 185 Å². The van der Waals surface area contributed by atoms with Gasteiger partial charge in [0.05, 0.1) is 11.4 Å². The van der Waals surface area contributed by atoms with Crippen molar-refractivity contribution in [3.8, 4) is 33.4 Å². The van der Waals surface area contributed by atoms with Gasteiger partial charge in [0.2, 0.25) is 0 Å². The van der Waals surface area contributed by atoms with Gasteiger partial charge in [-0.2, -0.15) is 0 Å². The molecule has 3 heteroatoms. The first-order valence-corrected chi connectivity index (χ1v) is 19.5. The third-order valence-corrected chi connectivity index (χ3v) is 12.4. The van der Waals surface area contributed by atoms with Crippen LogP contribution < -0.4 is 4.90 Å². The minimum absolute atomic E-state index is 0.139. The molecule has 0 N–H and O–H groups in total. The topological polar surface area (TPSA) is 29.5 Å². The Morgan fingerprint density at radius 2 is 0.965 bits per heavy atom. The predicted octanol–water partition coefficient (Wildman–Crippen LogP) is 15.1. The molecule has 3 heterocycles. The summed E-state index contributed by atoms with van der Waals surface area (Å²) in [7, 11) is 0. The largest absolute Gasteiger partial charge is 0.455 e. The number of rotatable bonds is 3. The van der Waals surface area contributed by atoms with Crippen molar-refractivity contribution in [2.24, 2.45) is 0 Å². The van der Waals surface area contributed by atoms with E-state index in [-0.39, 0.29) is 5.41 Å². The molecule has 2 aromatic heterocycles. The van der Waals surface area contributed by atoms with Crippen molar-refractivity contribution in [2.45, 2.75) is 19.3 Å². The highest BCUT2D eigenvalue weighted by atomic mass is 16.3. The summed E-state index contributed by atoms with van der Waals surface area (Å²) in [5, 5.41) is 4.46. The molecule has 2 aliphatic rings. The molecular formula is C54H35NO2. The monoisotopic (exact) mass is 729 g/mol. The summed E-state index contributed by atoms with van der Waals surface area (Å²) in [6, 6.07) is 58.7. The molecule has 1 aliphatic carbocycles. The normalized spacial score (nSPS) is 13.9. The summed E-state index contributed by atoms with van der Waals surface area (Å²) in [4.78, 5) is 2.42. The first-order valence-electron chi connectivity index (χ1n) is 19.5. The molecule has 10 aromatic rings. The van der Waals surface area contributed by atoms with Crippen LogP contribution in [0.4, 0.5) is 17.1 Å².